The smallest absolute Gasteiger partial charge is 0.272 e. The number of rotatable bonds is 11. The molecule has 3 aromatic rings. The molecule has 1 saturated carbocycles. The molecular formula is C32H37N3O6. The molecule has 1 aliphatic carbocycles. The molecule has 1 aromatic heterocycles. The number of hydrogen-bond acceptors (Lipinski definition) is 8. The van der Waals surface area contributed by atoms with Crippen molar-refractivity contribution in [2.45, 2.75) is 43.5 Å². The highest BCUT2D eigenvalue weighted by atomic mass is 16.5. The number of hydrogen-bond donors (Lipinski definition) is 2. The molecule has 3 fully saturated rings. The lowest BCUT2D eigenvalue weighted by Gasteiger charge is -2.39. The fourth-order valence-corrected chi connectivity index (χ4v) is 5.48. The number of nitrogens with zero attached hydrogens (tertiary/aromatic N) is 3. The third-order valence-corrected chi connectivity index (χ3v) is 8.21. The number of methoxy groups -OCH3 is 1. The molecule has 9 nitrogen and oxygen atoms in total. The summed E-state index contributed by atoms with van der Waals surface area (Å²) in [5.74, 6) is 2.79. The second kappa shape index (κ2) is 12.1. The van der Waals surface area contributed by atoms with Gasteiger partial charge in [-0.3, -0.25) is 14.7 Å². The summed E-state index contributed by atoms with van der Waals surface area (Å²) < 4.78 is 17.5. The van der Waals surface area contributed by atoms with Crippen molar-refractivity contribution < 1.29 is 29.2 Å². The minimum absolute atomic E-state index is 0.128. The molecule has 6 rings (SSSR count). The number of aromatic nitrogens is 1. The lowest BCUT2D eigenvalue weighted by Crippen LogP contribution is -2.48. The summed E-state index contributed by atoms with van der Waals surface area (Å²) in [6, 6.07) is 18.1. The van der Waals surface area contributed by atoms with Gasteiger partial charge in [-0.05, 0) is 53.6 Å². The Balaban J connectivity index is 0.990. The van der Waals surface area contributed by atoms with Crippen LogP contribution in [0.1, 0.15) is 51.9 Å². The largest absolute Gasteiger partial charge is 0.493 e. The van der Waals surface area contributed by atoms with Crippen molar-refractivity contribution in [1.29, 1.82) is 0 Å². The number of carbonyl (C=O) groups is 1. The third kappa shape index (κ3) is 6.48. The van der Waals surface area contributed by atoms with E-state index in [4.69, 9.17) is 14.2 Å². The number of β-amino-alcohol motifs (C(OH)–C–C–N with tert-alkyl or cyclic N) is 2. The molecular weight excluding hydrogens is 522 g/mol. The molecule has 2 aliphatic heterocycles. The third-order valence-electron chi connectivity index (χ3n) is 8.21. The van der Waals surface area contributed by atoms with Crippen molar-refractivity contribution >= 4 is 5.91 Å². The highest BCUT2D eigenvalue weighted by molar-refractivity contribution is 5.93. The molecule has 0 unspecified atom stereocenters. The van der Waals surface area contributed by atoms with Gasteiger partial charge in [0.1, 0.15) is 24.7 Å². The van der Waals surface area contributed by atoms with E-state index in [1.165, 1.54) is 18.4 Å². The van der Waals surface area contributed by atoms with Crippen LogP contribution in [0.2, 0.25) is 0 Å². The van der Waals surface area contributed by atoms with Crippen molar-refractivity contribution in [2.75, 3.05) is 46.4 Å². The SMILES string of the molecule is COc1cc(C2CN(C(=O)c3cc(OCCN4C[C@@H](O)[C@H](O)C4)ccn3)C2)ccc1OCc1ccc(C2CC2)cc1. The van der Waals surface area contributed by atoms with Gasteiger partial charge in [0, 0.05) is 50.9 Å². The Hall–Kier alpha value is -3.66. The van der Waals surface area contributed by atoms with Gasteiger partial charge in [0.25, 0.3) is 5.91 Å². The van der Waals surface area contributed by atoms with Gasteiger partial charge in [0.15, 0.2) is 11.5 Å². The van der Waals surface area contributed by atoms with Crippen LogP contribution in [-0.2, 0) is 6.61 Å². The number of carbonyl (C=O) groups excluding carboxylic acids is 1. The van der Waals surface area contributed by atoms with Gasteiger partial charge in [-0.25, -0.2) is 0 Å². The molecule has 1 amide bonds. The topological polar surface area (TPSA) is 105 Å². The maximum Gasteiger partial charge on any atom is 0.272 e. The van der Waals surface area contributed by atoms with E-state index in [2.05, 4.69) is 29.2 Å². The Morgan fingerprint density at radius 3 is 2.32 bits per heavy atom. The Morgan fingerprint density at radius 2 is 1.61 bits per heavy atom. The van der Waals surface area contributed by atoms with Gasteiger partial charge in [-0.2, -0.15) is 0 Å². The van der Waals surface area contributed by atoms with E-state index in [9.17, 15) is 15.0 Å². The minimum Gasteiger partial charge on any atom is -0.493 e. The fourth-order valence-electron chi connectivity index (χ4n) is 5.48. The van der Waals surface area contributed by atoms with Crippen LogP contribution >= 0.6 is 0 Å². The summed E-state index contributed by atoms with van der Waals surface area (Å²) in [4.78, 5) is 21.1. The zero-order chi connectivity index (χ0) is 28.3. The van der Waals surface area contributed by atoms with E-state index in [0.717, 1.165) is 17.0 Å². The zero-order valence-corrected chi connectivity index (χ0v) is 23.3. The molecule has 216 valence electrons. The molecule has 2 saturated heterocycles. The van der Waals surface area contributed by atoms with Crippen molar-refractivity contribution in [3.8, 4) is 17.2 Å². The van der Waals surface area contributed by atoms with Gasteiger partial charge >= 0.3 is 0 Å². The molecule has 41 heavy (non-hydrogen) atoms. The minimum atomic E-state index is -0.715. The van der Waals surface area contributed by atoms with Crippen LogP contribution in [0, 0.1) is 0 Å². The van der Waals surface area contributed by atoms with Crippen LogP contribution in [0.4, 0.5) is 0 Å². The van der Waals surface area contributed by atoms with Crippen LogP contribution in [0.15, 0.2) is 60.8 Å². The molecule has 0 bridgehead atoms. The van der Waals surface area contributed by atoms with Crippen molar-refractivity contribution in [3.63, 3.8) is 0 Å². The molecule has 2 atom stereocenters. The van der Waals surface area contributed by atoms with Gasteiger partial charge in [-0.1, -0.05) is 30.3 Å². The van der Waals surface area contributed by atoms with Crippen LogP contribution < -0.4 is 14.2 Å². The fraction of sp³-hybridized carbons (Fsp3) is 0.438. The Kier molecular flexibility index (Phi) is 8.09. The summed E-state index contributed by atoms with van der Waals surface area (Å²) in [6.45, 7) is 3.50. The summed E-state index contributed by atoms with van der Waals surface area (Å²) in [5.41, 5.74) is 3.99. The van der Waals surface area contributed by atoms with Gasteiger partial charge < -0.3 is 29.3 Å². The highest BCUT2D eigenvalue weighted by Crippen LogP contribution is 2.40. The molecule has 3 heterocycles. The monoisotopic (exact) mass is 559 g/mol. The summed E-state index contributed by atoms with van der Waals surface area (Å²) >= 11 is 0. The lowest BCUT2D eigenvalue weighted by molar-refractivity contribution is 0.0572. The Morgan fingerprint density at radius 1 is 0.878 bits per heavy atom. The van der Waals surface area contributed by atoms with E-state index < -0.39 is 12.2 Å². The van der Waals surface area contributed by atoms with E-state index in [-0.39, 0.29) is 11.8 Å². The first kappa shape index (κ1) is 27.5. The second-order valence-corrected chi connectivity index (χ2v) is 11.2. The number of aliphatic hydroxyl groups excluding tert-OH is 2. The Bertz CT molecular complexity index is 1350. The maximum absolute atomic E-state index is 13.1. The maximum atomic E-state index is 13.1. The molecule has 3 aliphatic rings. The van der Waals surface area contributed by atoms with Crippen molar-refractivity contribution in [2.24, 2.45) is 0 Å². The predicted molar refractivity (Wildman–Crippen MR) is 153 cm³/mol. The number of pyridine rings is 1. The standard InChI is InChI=1S/C32H37N3O6/c1-39-31-14-24(8-9-30(31)41-20-21-2-4-22(5-3-21)23-6-7-23)25-16-35(17-25)32(38)27-15-26(10-11-33-27)40-13-12-34-18-28(36)29(37)19-34/h2-5,8-11,14-15,23,25,28-29,36-37H,6-7,12-13,16-20H2,1H3/t28-,29-/m1/s1. The predicted octanol–water partition coefficient (Wildman–Crippen LogP) is 3.20. The first-order valence-electron chi connectivity index (χ1n) is 14.3. The average Bonchev–Trinajstić information content (AvgIpc) is 3.76. The number of benzene rings is 2. The molecule has 9 heteroatoms. The quantitative estimate of drug-likeness (QED) is 0.369. The van der Waals surface area contributed by atoms with E-state index in [0.29, 0.717) is 68.9 Å². The average molecular weight is 560 g/mol. The van der Waals surface area contributed by atoms with Crippen LogP contribution in [-0.4, -0.2) is 89.6 Å². The van der Waals surface area contributed by atoms with Crippen molar-refractivity contribution in [1.82, 2.24) is 14.8 Å². The second-order valence-electron chi connectivity index (χ2n) is 11.2. The van der Waals surface area contributed by atoms with Gasteiger partial charge in [0.2, 0.25) is 0 Å². The normalized spacial score (nSPS) is 21.0. The molecule has 0 radical (unpaired) electrons. The van der Waals surface area contributed by atoms with Crippen LogP contribution in [0.5, 0.6) is 17.2 Å². The summed E-state index contributed by atoms with van der Waals surface area (Å²) in [6.07, 6.45) is 2.74. The number of aliphatic hydroxyl groups is 2. The first-order valence-corrected chi connectivity index (χ1v) is 14.3. The number of likely N-dealkylation sites (tertiary alicyclic amines) is 2. The van der Waals surface area contributed by atoms with E-state index in [1.54, 1.807) is 30.3 Å². The van der Waals surface area contributed by atoms with Gasteiger partial charge in [0.05, 0.1) is 19.3 Å². The van der Waals surface area contributed by atoms with E-state index >= 15 is 0 Å². The van der Waals surface area contributed by atoms with Crippen LogP contribution in [0.3, 0.4) is 0 Å². The summed E-state index contributed by atoms with van der Waals surface area (Å²) in [7, 11) is 1.64. The lowest BCUT2D eigenvalue weighted by atomic mass is 9.91. The summed E-state index contributed by atoms with van der Waals surface area (Å²) in [5, 5.41) is 19.4. The first-order chi connectivity index (χ1) is 20.0. The van der Waals surface area contributed by atoms with Crippen molar-refractivity contribution in [3.05, 3.63) is 83.2 Å². The van der Waals surface area contributed by atoms with E-state index in [1.807, 2.05) is 23.1 Å². The number of ether oxygens (including phenoxy) is 3. The van der Waals surface area contributed by atoms with Crippen LogP contribution in [0.25, 0.3) is 0 Å². The molecule has 0 spiro atoms. The highest BCUT2D eigenvalue weighted by Gasteiger charge is 2.34. The Labute approximate surface area is 240 Å². The molecule has 2 N–H and O–H groups in total. The molecule has 2 aromatic carbocycles. The van der Waals surface area contributed by atoms with Gasteiger partial charge in [-0.15, -0.1) is 0 Å². The number of amides is 1. The zero-order valence-electron chi connectivity index (χ0n) is 23.3.